The van der Waals surface area contributed by atoms with Crippen LogP contribution in [0.25, 0.3) is 0 Å². The molecule has 0 aromatic carbocycles. The van der Waals surface area contributed by atoms with E-state index in [4.69, 9.17) is 10.7 Å². The highest BCUT2D eigenvalue weighted by atomic mass is 35.7. The third-order valence-electron chi connectivity index (χ3n) is 1.53. The fourth-order valence-electron chi connectivity index (χ4n) is 0.949. The average molecular weight is 208 g/mol. The second-order valence-electron chi connectivity index (χ2n) is 2.68. The summed E-state index contributed by atoms with van der Waals surface area (Å²) >= 11 is 0. The highest BCUT2D eigenvalue weighted by molar-refractivity contribution is 8.13. The number of nitrogens with zero attached hydrogens (tertiary/aromatic N) is 1. The van der Waals surface area contributed by atoms with Gasteiger partial charge in [0.25, 0.3) is 0 Å². The van der Waals surface area contributed by atoms with E-state index in [9.17, 15) is 8.42 Å². The Morgan fingerprint density at radius 2 is 2.25 bits per heavy atom. The second kappa shape index (κ2) is 3.49. The third kappa shape index (κ3) is 3.28. The number of halogens is 1. The lowest BCUT2D eigenvalue weighted by Gasteiger charge is -1.93. The van der Waals surface area contributed by atoms with E-state index < -0.39 is 9.05 Å². The minimum atomic E-state index is -3.35. The zero-order valence-electron chi connectivity index (χ0n) is 6.70. The molecule has 68 valence electrons. The molecule has 0 unspecified atom stereocenters. The molecule has 0 saturated heterocycles. The summed E-state index contributed by atoms with van der Waals surface area (Å²) in [6, 6.07) is 1.88. The van der Waals surface area contributed by atoms with Gasteiger partial charge < -0.3 is 4.57 Å². The number of aromatic nitrogens is 1. The molecule has 1 aromatic heterocycles. The monoisotopic (exact) mass is 207 g/mol. The Balaban J connectivity index is 2.55. The first-order valence-corrected chi connectivity index (χ1v) is 5.98. The molecular formula is C7H10ClNO2S. The van der Waals surface area contributed by atoms with Crippen molar-refractivity contribution in [3.8, 4) is 0 Å². The largest absolute Gasteiger partial charge is 0.357 e. The van der Waals surface area contributed by atoms with Crippen molar-refractivity contribution >= 4 is 19.7 Å². The van der Waals surface area contributed by atoms with E-state index in [0.29, 0.717) is 6.42 Å². The molecule has 0 saturated carbocycles. The SMILES string of the molecule is Cn1ccc(CCS(=O)(=O)Cl)c1. The molecule has 5 heteroatoms. The number of hydrogen-bond acceptors (Lipinski definition) is 2. The van der Waals surface area contributed by atoms with E-state index in [1.807, 2.05) is 30.1 Å². The van der Waals surface area contributed by atoms with Crippen molar-refractivity contribution in [2.24, 2.45) is 7.05 Å². The molecule has 0 aliphatic heterocycles. The van der Waals surface area contributed by atoms with Crippen molar-refractivity contribution in [2.45, 2.75) is 6.42 Å². The molecule has 0 bridgehead atoms. The number of aryl methyl sites for hydroxylation is 2. The molecule has 0 aliphatic rings. The first-order chi connectivity index (χ1) is 5.47. The summed E-state index contributed by atoms with van der Waals surface area (Å²) in [6.07, 6.45) is 4.23. The molecule has 0 atom stereocenters. The van der Waals surface area contributed by atoms with Crippen LogP contribution in [-0.4, -0.2) is 18.7 Å². The Bertz CT molecular complexity index is 355. The zero-order chi connectivity index (χ0) is 9.19. The summed E-state index contributed by atoms with van der Waals surface area (Å²) in [7, 11) is 3.59. The average Bonchev–Trinajstić information content (AvgIpc) is 2.30. The molecule has 0 spiro atoms. The Labute approximate surface area is 76.4 Å². The minimum Gasteiger partial charge on any atom is -0.357 e. The maximum atomic E-state index is 10.6. The van der Waals surface area contributed by atoms with E-state index in [1.54, 1.807) is 0 Å². The van der Waals surface area contributed by atoms with Gasteiger partial charge in [0.2, 0.25) is 9.05 Å². The van der Waals surface area contributed by atoms with Gasteiger partial charge in [-0.05, 0) is 18.1 Å². The molecule has 0 fully saturated rings. The van der Waals surface area contributed by atoms with Gasteiger partial charge in [-0.3, -0.25) is 0 Å². The van der Waals surface area contributed by atoms with Crippen LogP contribution in [-0.2, 0) is 22.5 Å². The molecule has 12 heavy (non-hydrogen) atoms. The van der Waals surface area contributed by atoms with Gasteiger partial charge in [0.05, 0.1) is 5.75 Å². The van der Waals surface area contributed by atoms with Crippen molar-refractivity contribution in [1.29, 1.82) is 0 Å². The number of rotatable bonds is 3. The van der Waals surface area contributed by atoms with Crippen LogP contribution in [0.4, 0.5) is 0 Å². The van der Waals surface area contributed by atoms with Crippen LogP contribution in [0.2, 0.25) is 0 Å². The van der Waals surface area contributed by atoms with Crippen molar-refractivity contribution < 1.29 is 8.42 Å². The molecule has 0 radical (unpaired) electrons. The Morgan fingerprint density at radius 3 is 2.67 bits per heavy atom. The van der Waals surface area contributed by atoms with Gasteiger partial charge >= 0.3 is 0 Å². The van der Waals surface area contributed by atoms with E-state index in [2.05, 4.69) is 0 Å². The van der Waals surface area contributed by atoms with Gasteiger partial charge in [-0.15, -0.1) is 0 Å². The van der Waals surface area contributed by atoms with Crippen molar-refractivity contribution in [1.82, 2.24) is 4.57 Å². The predicted molar refractivity (Wildman–Crippen MR) is 48.8 cm³/mol. The first-order valence-electron chi connectivity index (χ1n) is 3.50. The van der Waals surface area contributed by atoms with Crippen LogP contribution in [0.3, 0.4) is 0 Å². The maximum Gasteiger partial charge on any atom is 0.232 e. The zero-order valence-corrected chi connectivity index (χ0v) is 8.27. The first kappa shape index (κ1) is 9.61. The van der Waals surface area contributed by atoms with Gasteiger partial charge in [-0.25, -0.2) is 8.42 Å². The smallest absolute Gasteiger partial charge is 0.232 e. The van der Waals surface area contributed by atoms with Crippen LogP contribution in [0.1, 0.15) is 5.56 Å². The maximum absolute atomic E-state index is 10.6. The summed E-state index contributed by atoms with van der Waals surface area (Å²) in [5.41, 5.74) is 0.988. The van der Waals surface area contributed by atoms with Crippen LogP contribution in [0, 0.1) is 0 Å². The van der Waals surface area contributed by atoms with E-state index in [0.717, 1.165) is 5.56 Å². The summed E-state index contributed by atoms with van der Waals surface area (Å²) in [4.78, 5) is 0. The Hall–Kier alpha value is -0.480. The standard InChI is InChI=1S/C7H10ClNO2S/c1-9-4-2-7(6-9)3-5-12(8,10)11/h2,4,6H,3,5H2,1H3. The second-order valence-corrected chi connectivity index (χ2v) is 5.57. The van der Waals surface area contributed by atoms with Crippen LogP contribution in [0.5, 0.6) is 0 Å². The van der Waals surface area contributed by atoms with E-state index in [-0.39, 0.29) is 5.75 Å². The molecule has 0 amide bonds. The lowest BCUT2D eigenvalue weighted by Crippen LogP contribution is -2.00. The van der Waals surface area contributed by atoms with Crippen molar-refractivity contribution in [3.05, 3.63) is 24.0 Å². The van der Waals surface area contributed by atoms with E-state index >= 15 is 0 Å². The third-order valence-corrected chi connectivity index (χ3v) is 2.68. The summed E-state index contributed by atoms with van der Waals surface area (Å²) in [5, 5.41) is 0. The van der Waals surface area contributed by atoms with Crippen LogP contribution < -0.4 is 0 Å². The molecule has 3 nitrogen and oxygen atoms in total. The van der Waals surface area contributed by atoms with Gasteiger partial charge in [0.15, 0.2) is 0 Å². The molecular weight excluding hydrogens is 198 g/mol. The summed E-state index contributed by atoms with van der Waals surface area (Å²) < 4.78 is 23.0. The topological polar surface area (TPSA) is 39.1 Å². The van der Waals surface area contributed by atoms with Gasteiger partial charge in [-0.1, -0.05) is 0 Å². The molecule has 0 N–H and O–H groups in total. The molecule has 1 rings (SSSR count). The summed E-state index contributed by atoms with van der Waals surface area (Å²) in [6.45, 7) is 0. The van der Waals surface area contributed by atoms with Crippen LogP contribution in [0.15, 0.2) is 18.5 Å². The van der Waals surface area contributed by atoms with Gasteiger partial charge in [-0.2, -0.15) is 0 Å². The lowest BCUT2D eigenvalue weighted by atomic mass is 10.3. The normalized spacial score (nSPS) is 11.8. The molecule has 1 aromatic rings. The van der Waals surface area contributed by atoms with Crippen molar-refractivity contribution in [2.75, 3.05) is 5.75 Å². The van der Waals surface area contributed by atoms with Crippen molar-refractivity contribution in [3.63, 3.8) is 0 Å². The molecule has 1 heterocycles. The fourth-order valence-corrected chi connectivity index (χ4v) is 1.66. The van der Waals surface area contributed by atoms with Gasteiger partial charge in [0, 0.05) is 30.1 Å². The summed E-state index contributed by atoms with van der Waals surface area (Å²) in [5.74, 6) is -0.00142. The fraction of sp³-hybridized carbons (Fsp3) is 0.429. The highest BCUT2D eigenvalue weighted by Crippen LogP contribution is 2.05. The predicted octanol–water partition coefficient (Wildman–Crippen LogP) is 1.14. The van der Waals surface area contributed by atoms with E-state index in [1.165, 1.54) is 0 Å². The number of hydrogen-bond donors (Lipinski definition) is 0. The quantitative estimate of drug-likeness (QED) is 0.698. The van der Waals surface area contributed by atoms with Crippen LogP contribution >= 0.6 is 10.7 Å². The Kier molecular flexibility index (Phi) is 2.80. The van der Waals surface area contributed by atoms with Gasteiger partial charge in [0.1, 0.15) is 0 Å². The Morgan fingerprint density at radius 1 is 1.58 bits per heavy atom. The molecule has 0 aliphatic carbocycles. The minimum absolute atomic E-state index is 0.00142. The lowest BCUT2D eigenvalue weighted by molar-refractivity contribution is 0.609. The highest BCUT2D eigenvalue weighted by Gasteiger charge is 2.05.